The molecule has 1 N–H and O–H groups in total. The fourth-order valence-electron chi connectivity index (χ4n) is 4.65. The summed E-state index contributed by atoms with van der Waals surface area (Å²) < 4.78 is 0. The lowest BCUT2D eigenvalue weighted by Gasteiger charge is -2.33. The van der Waals surface area contributed by atoms with Crippen molar-refractivity contribution in [1.29, 1.82) is 0 Å². The van der Waals surface area contributed by atoms with Crippen LogP contribution in [0.25, 0.3) is 0 Å². The Morgan fingerprint density at radius 1 is 0.941 bits per heavy atom. The van der Waals surface area contributed by atoms with E-state index in [2.05, 4.69) is 68.0 Å². The van der Waals surface area contributed by atoms with Gasteiger partial charge in [0.15, 0.2) is 0 Å². The normalized spacial score (nSPS) is 16.5. The second kappa shape index (κ2) is 14.8. The average molecular weight is 466 g/mol. The lowest BCUT2D eigenvalue weighted by atomic mass is 9.95. The maximum absolute atomic E-state index is 11.9. The fourth-order valence-corrected chi connectivity index (χ4v) is 4.65. The van der Waals surface area contributed by atoms with Crippen LogP contribution >= 0.6 is 0 Å². The van der Waals surface area contributed by atoms with Crippen LogP contribution in [0, 0.1) is 18.8 Å². The van der Waals surface area contributed by atoms with E-state index in [0.717, 1.165) is 36.3 Å². The highest BCUT2D eigenvalue weighted by Crippen LogP contribution is 2.28. The van der Waals surface area contributed by atoms with Gasteiger partial charge >= 0.3 is 0 Å². The van der Waals surface area contributed by atoms with Gasteiger partial charge in [0.05, 0.1) is 0 Å². The second-order valence-corrected chi connectivity index (χ2v) is 9.77. The Morgan fingerprint density at radius 2 is 1.56 bits per heavy atom. The van der Waals surface area contributed by atoms with Crippen LogP contribution in [-0.4, -0.2) is 31.6 Å². The van der Waals surface area contributed by atoms with Crippen molar-refractivity contribution in [1.82, 2.24) is 0 Å². The Kier molecular flexibility index (Phi) is 12.1. The standard InChI is InChI=1S/C30H47N3O/c1-7-11-13-24(9-3)21-33(22-25(10-4)14-12-8-2)27-16-17-28(23(5)19-27)32-26-15-18-30(34)29(20-26)31-6/h15-20,24-25,32H,7-14,21-22H2,1-6H3. The number of nitrogens with zero attached hydrogens (tertiary/aromatic N) is 2. The maximum atomic E-state index is 11.9. The molecule has 2 rings (SSSR count). The number of carbonyl (C=O) groups is 1. The van der Waals surface area contributed by atoms with Gasteiger partial charge in [0, 0.05) is 37.2 Å². The third-order valence-electron chi connectivity index (χ3n) is 7.10. The van der Waals surface area contributed by atoms with Gasteiger partial charge in [0.1, 0.15) is 5.71 Å². The molecule has 0 heterocycles. The minimum atomic E-state index is -0.0436. The Morgan fingerprint density at radius 3 is 2.06 bits per heavy atom. The van der Waals surface area contributed by atoms with E-state index in [0.29, 0.717) is 5.71 Å². The first kappa shape index (κ1) is 27.9. The summed E-state index contributed by atoms with van der Waals surface area (Å²) in [5, 5.41) is 3.48. The molecule has 2 atom stereocenters. The summed E-state index contributed by atoms with van der Waals surface area (Å²) in [5.74, 6) is 1.44. The van der Waals surface area contributed by atoms with Gasteiger partial charge in [-0.1, -0.05) is 66.2 Å². The van der Waals surface area contributed by atoms with Gasteiger partial charge in [-0.25, -0.2) is 0 Å². The summed E-state index contributed by atoms with van der Waals surface area (Å²) in [7, 11) is 1.66. The Labute approximate surface area is 208 Å². The first-order valence-corrected chi connectivity index (χ1v) is 13.5. The lowest BCUT2D eigenvalue weighted by Crippen LogP contribution is -2.34. The van der Waals surface area contributed by atoms with Crippen LogP contribution in [0.3, 0.4) is 0 Å². The predicted molar refractivity (Wildman–Crippen MR) is 149 cm³/mol. The Hall–Kier alpha value is -2.36. The van der Waals surface area contributed by atoms with Crippen LogP contribution in [0.4, 0.5) is 11.4 Å². The van der Waals surface area contributed by atoms with Gasteiger partial charge in [0.25, 0.3) is 0 Å². The van der Waals surface area contributed by atoms with Crippen molar-refractivity contribution < 1.29 is 4.79 Å². The lowest BCUT2D eigenvalue weighted by molar-refractivity contribution is -0.108. The number of carbonyl (C=O) groups excluding carboxylic acids is 1. The zero-order chi connectivity index (χ0) is 24.9. The van der Waals surface area contributed by atoms with Crippen molar-refractivity contribution in [2.75, 3.05) is 30.4 Å². The quantitative estimate of drug-likeness (QED) is 0.269. The number of anilines is 2. The minimum Gasteiger partial charge on any atom is -0.371 e. The molecular formula is C30H47N3O. The number of benzene rings is 1. The number of nitrogens with one attached hydrogen (secondary N) is 1. The van der Waals surface area contributed by atoms with E-state index < -0.39 is 0 Å². The third kappa shape index (κ3) is 8.45. The zero-order valence-electron chi connectivity index (χ0n) is 22.5. The number of hydrogen-bond donors (Lipinski definition) is 1. The summed E-state index contributed by atoms with van der Waals surface area (Å²) in [4.78, 5) is 18.6. The van der Waals surface area contributed by atoms with Crippen molar-refractivity contribution in [3.8, 4) is 0 Å². The van der Waals surface area contributed by atoms with Crippen molar-refractivity contribution in [3.63, 3.8) is 0 Å². The summed E-state index contributed by atoms with van der Waals surface area (Å²) in [6.45, 7) is 13.7. The van der Waals surface area contributed by atoms with E-state index in [1.165, 1.54) is 62.6 Å². The molecule has 0 saturated carbocycles. The first-order valence-electron chi connectivity index (χ1n) is 13.5. The van der Waals surface area contributed by atoms with Crippen molar-refractivity contribution in [3.05, 3.63) is 47.7 Å². The van der Waals surface area contributed by atoms with Gasteiger partial charge in [-0.05, 0) is 73.6 Å². The maximum Gasteiger partial charge on any atom is 0.203 e. The summed E-state index contributed by atoms with van der Waals surface area (Å²) in [5.41, 5.74) is 4.99. The molecule has 1 aliphatic rings. The molecule has 0 amide bonds. The molecule has 0 aromatic heterocycles. The average Bonchev–Trinajstić information content (AvgIpc) is 2.85. The summed E-state index contributed by atoms with van der Waals surface area (Å²) in [6, 6.07) is 6.78. The highest BCUT2D eigenvalue weighted by atomic mass is 16.1. The molecule has 1 aromatic carbocycles. The van der Waals surface area contributed by atoms with Crippen LogP contribution in [-0.2, 0) is 4.79 Å². The zero-order valence-corrected chi connectivity index (χ0v) is 22.5. The van der Waals surface area contributed by atoms with E-state index in [1.54, 1.807) is 13.1 Å². The molecule has 0 fully saturated rings. The highest BCUT2D eigenvalue weighted by Gasteiger charge is 2.18. The molecule has 1 aliphatic carbocycles. The minimum absolute atomic E-state index is 0.0436. The monoisotopic (exact) mass is 465 g/mol. The molecule has 0 bridgehead atoms. The number of aryl methyl sites for hydroxylation is 1. The number of aliphatic imine (C=N–C) groups is 1. The molecule has 0 radical (unpaired) electrons. The fraction of sp³-hybridized carbons (Fsp3) is 0.600. The van der Waals surface area contributed by atoms with Crippen LogP contribution < -0.4 is 10.2 Å². The number of allylic oxidation sites excluding steroid dienone is 3. The highest BCUT2D eigenvalue weighted by molar-refractivity contribution is 6.49. The van der Waals surface area contributed by atoms with Crippen molar-refractivity contribution in [2.45, 2.75) is 86.0 Å². The van der Waals surface area contributed by atoms with E-state index in [9.17, 15) is 4.79 Å². The van der Waals surface area contributed by atoms with Gasteiger partial charge in [-0.2, -0.15) is 0 Å². The topological polar surface area (TPSA) is 44.7 Å². The number of ketones is 1. The van der Waals surface area contributed by atoms with E-state index in [1.807, 2.05) is 12.2 Å². The first-order chi connectivity index (χ1) is 16.4. The van der Waals surface area contributed by atoms with E-state index >= 15 is 0 Å². The second-order valence-electron chi connectivity index (χ2n) is 9.77. The van der Waals surface area contributed by atoms with Crippen LogP contribution in [0.2, 0.25) is 0 Å². The van der Waals surface area contributed by atoms with Crippen molar-refractivity contribution in [2.24, 2.45) is 16.8 Å². The predicted octanol–water partition coefficient (Wildman–Crippen LogP) is 7.74. The van der Waals surface area contributed by atoms with Crippen molar-refractivity contribution >= 4 is 22.9 Å². The molecule has 4 heteroatoms. The molecule has 188 valence electrons. The van der Waals surface area contributed by atoms with Gasteiger partial charge < -0.3 is 10.2 Å². The molecule has 4 nitrogen and oxygen atoms in total. The summed E-state index contributed by atoms with van der Waals surface area (Å²) >= 11 is 0. The number of rotatable bonds is 15. The summed E-state index contributed by atoms with van der Waals surface area (Å²) in [6.07, 6.45) is 15.5. The van der Waals surface area contributed by atoms with Gasteiger partial charge in [-0.15, -0.1) is 0 Å². The molecule has 0 saturated heterocycles. The van der Waals surface area contributed by atoms with Crippen LogP contribution in [0.15, 0.2) is 47.1 Å². The molecule has 0 spiro atoms. The van der Waals surface area contributed by atoms with E-state index in [4.69, 9.17) is 0 Å². The molecule has 0 aliphatic heterocycles. The van der Waals surface area contributed by atoms with Gasteiger partial charge in [0.2, 0.25) is 5.78 Å². The van der Waals surface area contributed by atoms with Crippen LogP contribution in [0.1, 0.15) is 84.6 Å². The molecule has 1 aromatic rings. The smallest absolute Gasteiger partial charge is 0.203 e. The third-order valence-corrected chi connectivity index (χ3v) is 7.10. The Bertz CT molecular complexity index is 850. The SMILES string of the molecule is CCCCC(CC)CN(CC(CC)CCCC)c1ccc(NC2=CC(=NC)C(=O)C=C2)c(C)c1. The number of hydrogen-bond acceptors (Lipinski definition) is 4. The number of unbranched alkanes of at least 4 members (excludes halogenated alkanes) is 2. The molecule has 2 unspecified atom stereocenters. The molecular weight excluding hydrogens is 418 g/mol. The molecule has 34 heavy (non-hydrogen) atoms. The van der Waals surface area contributed by atoms with E-state index in [-0.39, 0.29) is 5.78 Å². The Balaban J connectivity index is 2.24. The largest absolute Gasteiger partial charge is 0.371 e. The van der Waals surface area contributed by atoms with Crippen LogP contribution in [0.5, 0.6) is 0 Å². The van der Waals surface area contributed by atoms with Gasteiger partial charge in [-0.3, -0.25) is 9.79 Å².